The molecular weight excluding hydrogens is 120 g/mol. The summed E-state index contributed by atoms with van der Waals surface area (Å²) in [5, 5.41) is 0. The Morgan fingerprint density at radius 2 is 1.30 bits per heavy atom. The zero-order valence-electron chi connectivity index (χ0n) is 6.14. The lowest BCUT2D eigenvalue weighted by Gasteiger charge is -2.15. The van der Waals surface area contributed by atoms with Crippen molar-refractivity contribution in [2.24, 2.45) is 0 Å². The minimum absolute atomic E-state index is 1.24. The Bertz CT molecular complexity index is 192. The molecule has 0 heteroatoms. The highest BCUT2D eigenvalue weighted by Gasteiger charge is 2.07. The average molecular weight is 132 g/mol. The van der Waals surface area contributed by atoms with Crippen molar-refractivity contribution in [3.05, 3.63) is 35.5 Å². The van der Waals surface area contributed by atoms with E-state index in [9.17, 15) is 0 Å². The maximum absolute atomic E-state index is 2.29. The number of hydrogen-bond donors (Lipinski definition) is 0. The fourth-order valence-electron chi connectivity index (χ4n) is 1.63. The van der Waals surface area contributed by atoms with Gasteiger partial charge < -0.3 is 0 Å². The molecule has 52 valence electrons. The average Bonchev–Trinajstić information content (AvgIpc) is 2.05. The van der Waals surface area contributed by atoms with E-state index in [1.165, 1.54) is 25.7 Å². The van der Waals surface area contributed by atoms with Gasteiger partial charge in [0.25, 0.3) is 0 Å². The number of rotatable bonds is 0. The molecule has 0 saturated heterocycles. The third-order valence-corrected chi connectivity index (χ3v) is 2.21. The Morgan fingerprint density at radius 3 is 1.80 bits per heavy atom. The summed E-state index contributed by atoms with van der Waals surface area (Å²) in [4.78, 5) is 0. The Hall–Kier alpha value is -0.780. The molecule has 2 rings (SSSR count). The van der Waals surface area contributed by atoms with Crippen LogP contribution in [0.1, 0.15) is 25.7 Å². The van der Waals surface area contributed by atoms with Crippen LogP contribution in [0.15, 0.2) is 35.5 Å². The molecule has 0 radical (unpaired) electrons. The topological polar surface area (TPSA) is 0 Å². The minimum atomic E-state index is 1.24. The molecule has 0 N–H and O–H groups in total. The maximum atomic E-state index is 2.29. The van der Waals surface area contributed by atoms with Crippen molar-refractivity contribution >= 4 is 0 Å². The zero-order valence-corrected chi connectivity index (χ0v) is 6.14. The first-order chi connectivity index (χ1) is 4.97. The molecule has 0 aromatic carbocycles. The molecule has 0 nitrogen and oxygen atoms in total. The van der Waals surface area contributed by atoms with Crippen molar-refractivity contribution in [3.63, 3.8) is 0 Å². The zero-order chi connectivity index (χ0) is 6.81. The molecule has 2 aliphatic rings. The molecule has 2 aliphatic carbocycles. The van der Waals surface area contributed by atoms with E-state index in [-0.39, 0.29) is 0 Å². The van der Waals surface area contributed by atoms with Gasteiger partial charge in [0.1, 0.15) is 0 Å². The van der Waals surface area contributed by atoms with Crippen molar-refractivity contribution in [1.29, 1.82) is 0 Å². The van der Waals surface area contributed by atoms with E-state index in [4.69, 9.17) is 0 Å². The second-order valence-electron chi connectivity index (χ2n) is 2.93. The van der Waals surface area contributed by atoms with Crippen LogP contribution in [0.2, 0.25) is 0 Å². The quantitative estimate of drug-likeness (QED) is 0.475. The summed E-state index contributed by atoms with van der Waals surface area (Å²) in [5.74, 6) is 0. The van der Waals surface area contributed by atoms with Crippen LogP contribution in [-0.2, 0) is 0 Å². The van der Waals surface area contributed by atoms with Crippen molar-refractivity contribution in [3.8, 4) is 0 Å². The predicted octanol–water partition coefficient (Wildman–Crippen LogP) is 2.98. The van der Waals surface area contributed by atoms with Gasteiger partial charge in [0.05, 0.1) is 0 Å². The molecule has 0 heterocycles. The van der Waals surface area contributed by atoms with E-state index in [0.29, 0.717) is 0 Å². The van der Waals surface area contributed by atoms with Crippen molar-refractivity contribution < 1.29 is 0 Å². The van der Waals surface area contributed by atoms with Gasteiger partial charge in [-0.2, -0.15) is 0 Å². The van der Waals surface area contributed by atoms with Gasteiger partial charge in [0.2, 0.25) is 0 Å². The van der Waals surface area contributed by atoms with Gasteiger partial charge in [-0.1, -0.05) is 24.3 Å². The Kier molecular flexibility index (Phi) is 1.46. The molecule has 0 unspecified atom stereocenters. The molecule has 0 bridgehead atoms. The first kappa shape index (κ1) is 5.96. The highest BCUT2D eigenvalue weighted by molar-refractivity contribution is 5.38. The summed E-state index contributed by atoms with van der Waals surface area (Å²) >= 11 is 0. The van der Waals surface area contributed by atoms with Gasteiger partial charge in [-0.05, 0) is 36.8 Å². The van der Waals surface area contributed by atoms with E-state index < -0.39 is 0 Å². The van der Waals surface area contributed by atoms with Gasteiger partial charge in [-0.15, -0.1) is 0 Å². The van der Waals surface area contributed by atoms with Crippen molar-refractivity contribution in [2.75, 3.05) is 0 Å². The van der Waals surface area contributed by atoms with Gasteiger partial charge in [-0.3, -0.25) is 0 Å². The highest BCUT2D eigenvalue weighted by Crippen LogP contribution is 2.26. The summed E-state index contributed by atoms with van der Waals surface area (Å²) < 4.78 is 0. The van der Waals surface area contributed by atoms with E-state index in [1.807, 2.05) is 0 Å². The SMILES string of the molecule is C1=CC2=C(C=CCC2)CC1. The Morgan fingerprint density at radius 1 is 0.800 bits per heavy atom. The smallest absolute Gasteiger partial charge is 0.0241 e. The summed E-state index contributed by atoms with van der Waals surface area (Å²) in [6.45, 7) is 0. The summed E-state index contributed by atoms with van der Waals surface area (Å²) in [7, 11) is 0. The third kappa shape index (κ3) is 0.942. The molecule has 0 aliphatic heterocycles. The number of allylic oxidation sites excluding steroid dienone is 6. The molecule has 0 amide bonds. The van der Waals surface area contributed by atoms with Gasteiger partial charge >= 0.3 is 0 Å². The van der Waals surface area contributed by atoms with Crippen LogP contribution in [0, 0.1) is 0 Å². The van der Waals surface area contributed by atoms with Gasteiger partial charge in [-0.25, -0.2) is 0 Å². The Balaban J connectivity index is 2.32. The lowest BCUT2D eigenvalue weighted by molar-refractivity contribution is 0.885. The van der Waals surface area contributed by atoms with Crippen LogP contribution in [-0.4, -0.2) is 0 Å². The molecule has 0 spiro atoms. The summed E-state index contributed by atoms with van der Waals surface area (Å²) in [5.41, 5.74) is 3.16. The molecule has 0 aromatic rings. The van der Waals surface area contributed by atoms with Gasteiger partial charge in [0.15, 0.2) is 0 Å². The van der Waals surface area contributed by atoms with Crippen LogP contribution in [0.5, 0.6) is 0 Å². The molecule has 10 heavy (non-hydrogen) atoms. The monoisotopic (exact) mass is 132 g/mol. The highest BCUT2D eigenvalue weighted by atomic mass is 14.1. The Labute approximate surface area is 61.9 Å². The normalized spacial score (nSPS) is 23.2. The first-order valence-corrected chi connectivity index (χ1v) is 4.02. The van der Waals surface area contributed by atoms with Crippen LogP contribution in [0.3, 0.4) is 0 Å². The lowest BCUT2D eigenvalue weighted by atomic mass is 9.91. The van der Waals surface area contributed by atoms with Crippen LogP contribution in [0.4, 0.5) is 0 Å². The van der Waals surface area contributed by atoms with E-state index in [1.54, 1.807) is 11.1 Å². The van der Waals surface area contributed by atoms with Crippen LogP contribution in [0.25, 0.3) is 0 Å². The largest absolute Gasteiger partial charge is 0.0839 e. The fraction of sp³-hybridized carbons (Fsp3) is 0.400. The fourth-order valence-corrected chi connectivity index (χ4v) is 1.63. The first-order valence-electron chi connectivity index (χ1n) is 4.02. The standard InChI is InChI=1S/C10H12/c1-2-6-10-8-4-3-7-9(10)5-1/h1,4-5,8H,2-3,6-7H2. The summed E-state index contributed by atoms with van der Waals surface area (Å²) in [6, 6.07) is 0. The number of hydrogen-bond acceptors (Lipinski definition) is 0. The van der Waals surface area contributed by atoms with Crippen molar-refractivity contribution in [1.82, 2.24) is 0 Å². The molecular formula is C10H12. The molecule has 0 saturated carbocycles. The molecule has 0 fully saturated rings. The third-order valence-electron chi connectivity index (χ3n) is 2.21. The second-order valence-corrected chi connectivity index (χ2v) is 2.93. The second kappa shape index (κ2) is 2.45. The maximum Gasteiger partial charge on any atom is -0.0241 e. The van der Waals surface area contributed by atoms with Crippen LogP contribution < -0.4 is 0 Å². The molecule has 0 aromatic heterocycles. The lowest BCUT2D eigenvalue weighted by Crippen LogP contribution is -1.95. The predicted molar refractivity (Wildman–Crippen MR) is 43.8 cm³/mol. The summed E-state index contributed by atoms with van der Waals surface area (Å²) in [6.07, 6.45) is 14.2. The van der Waals surface area contributed by atoms with Crippen molar-refractivity contribution in [2.45, 2.75) is 25.7 Å². The van der Waals surface area contributed by atoms with E-state index in [2.05, 4.69) is 24.3 Å². The molecule has 0 atom stereocenters. The van der Waals surface area contributed by atoms with E-state index in [0.717, 1.165) is 0 Å². The minimum Gasteiger partial charge on any atom is -0.0839 e. The van der Waals surface area contributed by atoms with Gasteiger partial charge in [0, 0.05) is 0 Å². The van der Waals surface area contributed by atoms with Crippen LogP contribution >= 0.6 is 0 Å². The van der Waals surface area contributed by atoms with E-state index >= 15 is 0 Å².